The molecule has 0 radical (unpaired) electrons. The average molecular weight is 239 g/mol. The monoisotopic (exact) mass is 238 g/mol. The van der Waals surface area contributed by atoms with Gasteiger partial charge in [0.1, 0.15) is 0 Å². The van der Waals surface area contributed by atoms with Crippen LogP contribution < -0.4 is 10.6 Å². The highest BCUT2D eigenvalue weighted by Crippen LogP contribution is 2.51. The molecule has 0 amide bonds. The second kappa shape index (κ2) is 3.86. The molecule has 2 fully saturated rings. The van der Waals surface area contributed by atoms with Crippen molar-refractivity contribution in [1.82, 2.24) is 15.3 Å². The molecule has 0 unspecified atom stereocenters. The molecule has 1 saturated heterocycles. The fraction of sp³-hybridized carbons (Fsp3) is 0.636. The largest absolute Gasteiger partial charge is 0.353 e. The van der Waals surface area contributed by atoms with Gasteiger partial charge in [0.2, 0.25) is 5.95 Å². The maximum atomic E-state index is 5.72. The summed E-state index contributed by atoms with van der Waals surface area (Å²) in [6.07, 6.45) is 7.30. The predicted molar refractivity (Wildman–Crippen MR) is 63.6 cm³/mol. The summed E-state index contributed by atoms with van der Waals surface area (Å²) in [5.74, 6) is 0.656. The van der Waals surface area contributed by atoms with Gasteiger partial charge >= 0.3 is 0 Å². The van der Waals surface area contributed by atoms with Crippen molar-refractivity contribution in [3.63, 3.8) is 0 Å². The molecule has 2 aliphatic rings. The van der Waals surface area contributed by atoms with Crippen LogP contribution in [0.25, 0.3) is 0 Å². The molecule has 1 saturated carbocycles. The van der Waals surface area contributed by atoms with Crippen LogP contribution in [0.5, 0.6) is 0 Å². The quantitative estimate of drug-likeness (QED) is 0.842. The van der Waals surface area contributed by atoms with E-state index in [0.717, 1.165) is 6.54 Å². The highest BCUT2D eigenvalue weighted by molar-refractivity contribution is 6.30. The normalized spacial score (nSPS) is 25.9. The molecule has 2 heterocycles. The lowest BCUT2D eigenvalue weighted by atomic mass is 10.0. The molecule has 3 rings (SSSR count). The van der Waals surface area contributed by atoms with Crippen LogP contribution in [-0.2, 0) is 0 Å². The van der Waals surface area contributed by atoms with Gasteiger partial charge in [-0.3, -0.25) is 0 Å². The minimum absolute atomic E-state index is 0.557. The second-order valence-corrected chi connectivity index (χ2v) is 5.32. The number of hydrogen-bond donors (Lipinski definition) is 2. The number of anilines is 1. The molecular formula is C11H15ClN4. The zero-order valence-electron chi connectivity index (χ0n) is 9.04. The molecule has 1 aliphatic heterocycles. The van der Waals surface area contributed by atoms with E-state index < -0.39 is 0 Å². The summed E-state index contributed by atoms with van der Waals surface area (Å²) in [7, 11) is 0. The van der Waals surface area contributed by atoms with Crippen molar-refractivity contribution < 1.29 is 0 Å². The van der Waals surface area contributed by atoms with Gasteiger partial charge < -0.3 is 10.6 Å². The Morgan fingerprint density at radius 3 is 2.81 bits per heavy atom. The van der Waals surface area contributed by atoms with E-state index >= 15 is 0 Å². The number of aromatic nitrogens is 2. The van der Waals surface area contributed by atoms with Crippen LogP contribution in [0.2, 0.25) is 5.02 Å². The molecule has 86 valence electrons. The summed E-state index contributed by atoms with van der Waals surface area (Å²) in [5, 5.41) is 7.35. The minimum Gasteiger partial charge on any atom is -0.353 e. The van der Waals surface area contributed by atoms with Gasteiger partial charge in [-0.2, -0.15) is 0 Å². The Morgan fingerprint density at radius 1 is 1.44 bits per heavy atom. The molecule has 16 heavy (non-hydrogen) atoms. The van der Waals surface area contributed by atoms with Crippen LogP contribution in [0.3, 0.4) is 0 Å². The van der Waals surface area contributed by atoms with E-state index in [9.17, 15) is 0 Å². The Labute approximate surface area is 99.8 Å². The van der Waals surface area contributed by atoms with E-state index in [1.807, 2.05) is 0 Å². The van der Waals surface area contributed by atoms with Crippen molar-refractivity contribution in [3.05, 3.63) is 17.4 Å². The van der Waals surface area contributed by atoms with E-state index in [0.29, 0.717) is 22.4 Å². The number of halogens is 1. The lowest BCUT2D eigenvalue weighted by Gasteiger charge is -2.11. The minimum atomic E-state index is 0.557. The van der Waals surface area contributed by atoms with Gasteiger partial charge in [-0.1, -0.05) is 11.6 Å². The standard InChI is InChI=1S/C11H15ClN4/c12-8-4-13-10(14-5-8)15-6-9-3-11(1-2-11)7-16-9/h4-5,9,16H,1-3,6-7H2,(H,13,14,15)/t9-/m0/s1. The summed E-state index contributed by atoms with van der Waals surface area (Å²) in [4.78, 5) is 8.22. The van der Waals surface area contributed by atoms with Crippen molar-refractivity contribution in [3.8, 4) is 0 Å². The van der Waals surface area contributed by atoms with E-state index in [4.69, 9.17) is 11.6 Å². The van der Waals surface area contributed by atoms with Crippen LogP contribution in [0.15, 0.2) is 12.4 Å². The zero-order valence-corrected chi connectivity index (χ0v) is 9.80. The molecule has 1 atom stereocenters. The molecule has 0 bridgehead atoms. The van der Waals surface area contributed by atoms with Crippen LogP contribution in [0.4, 0.5) is 5.95 Å². The highest BCUT2D eigenvalue weighted by Gasteiger charge is 2.47. The van der Waals surface area contributed by atoms with Crippen molar-refractivity contribution in [1.29, 1.82) is 0 Å². The Morgan fingerprint density at radius 2 is 2.19 bits per heavy atom. The van der Waals surface area contributed by atoms with E-state index in [-0.39, 0.29) is 0 Å². The van der Waals surface area contributed by atoms with Gasteiger partial charge in [0, 0.05) is 19.1 Å². The highest BCUT2D eigenvalue weighted by atomic mass is 35.5. The smallest absolute Gasteiger partial charge is 0.222 e. The Hall–Kier alpha value is -0.870. The fourth-order valence-corrected chi connectivity index (χ4v) is 2.45. The maximum absolute atomic E-state index is 5.72. The van der Waals surface area contributed by atoms with Crippen molar-refractivity contribution in [2.24, 2.45) is 5.41 Å². The van der Waals surface area contributed by atoms with Gasteiger partial charge in [0.05, 0.1) is 17.4 Å². The van der Waals surface area contributed by atoms with Gasteiger partial charge in [0.15, 0.2) is 0 Å². The van der Waals surface area contributed by atoms with Gasteiger partial charge in [-0.05, 0) is 24.7 Å². The summed E-state index contributed by atoms with van der Waals surface area (Å²) in [6, 6.07) is 0.557. The Kier molecular flexibility index (Phi) is 2.48. The number of nitrogens with zero attached hydrogens (tertiary/aromatic N) is 2. The zero-order chi connectivity index (χ0) is 11.0. The molecular weight excluding hydrogens is 224 g/mol. The summed E-state index contributed by atoms with van der Waals surface area (Å²) in [5.41, 5.74) is 0.646. The van der Waals surface area contributed by atoms with Crippen molar-refractivity contribution >= 4 is 17.5 Å². The fourth-order valence-electron chi connectivity index (χ4n) is 2.35. The first kappa shape index (κ1) is 10.3. The van der Waals surface area contributed by atoms with Gasteiger partial charge in [0.25, 0.3) is 0 Å². The average Bonchev–Trinajstić information content (AvgIpc) is 2.91. The lowest BCUT2D eigenvalue weighted by Crippen LogP contribution is -2.29. The van der Waals surface area contributed by atoms with Crippen LogP contribution in [0.1, 0.15) is 19.3 Å². The van der Waals surface area contributed by atoms with E-state index in [1.165, 1.54) is 25.8 Å². The SMILES string of the molecule is Clc1cnc(NC[C@@H]2CC3(CC3)CN2)nc1. The summed E-state index contributed by atoms with van der Waals surface area (Å²) in [6.45, 7) is 2.07. The Bertz CT molecular complexity index is 374. The Balaban J connectivity index is 1.51. The molecule has 1 aromatic heterocycles. The molecule has 4 nitrogen and oxygen atoms in total. The maximum Gasteiger partial charge on any atom is 0.222 e. The first-order chi connectivity index (χ1) is 7.76. The second-order valence-electron chi connectivity index (χ2n) is 4.89. The molecule has 2 N–H and O–H groups in total. The first-order valence-corrected chi connectivity index (χ1v) is 6.08. The molecule has 1 aliphatic carbocycles. The third-order valence-corrected chi connectivity index (χ3v) is 3.72. The third-order valence-electron chi connectivity index (χ3n) is 3.53. The first-order valence-electron chi connectivity index (χ1n) is 5.71. The molecule has 1 aromatic rings. The third kappa shape index (κ3) is 2.13. The van der Waals surface area contributed by atoms with Crippen LogP contribution in [-0.4, -0.2) is 29.1 Å². The van der Waals surface area contributed by atoms with E-state index in [1.54, 1.807) is 12.4 Å². The number of hydrogen-bond acceptors (Lipinski definition) is 4. The number of rotatable bonds is 3. The van der Waals surface area contributed by atoms with Crippen molar-refractivity contribution in [2.45, 2.75) is 25.3 Å². The topological polar surface area (TPSA) is 49.8 Å². The van der Waals surface area contributed by atoms with E-state index in [2.05, 4.69) is 20.6 Å². The molecule has 0 aromatic carbocycles. The molecule has 5 heteroatoms. The summed E-state index contributed by atoms with van der Waals surface area (Å²) >= 11 is 5.72. The van der Waals surface area contributed by atoms with Crippen molar-refractivity contribution in [2.75, 3.05) is 18.4 Å². The predicted octanol–water partition coefficient (Wildman–Crippen LogP) is 1.68. The molecule has 1 spiro atoms. The van der Waals surface area contributed by atoms with Gasteiger partial charge in [-0.25, -0.2) is 9.97 Å². The van der Waals surface area contributed by atoms with Crippen LogP contribution >= 0.6 is 11.6 Å². The summed E-state index contributed by atoms with van der Waals surface area (Å²) < 4.78 is 0. The lowest BCUT2D eigenvalue weighted by molar-refractivity contribution is 0.550. The van der Waals surface area contributed by atoms with Gasteiger partial charge in [-0.15, -0.1) is 0 Å². The number of nitrogens with one attached hydrogen (secondary N) is 2. The van der Waals surface area contributed by atoms with Crippen LogP contribution in [0, 0.1) is 5.41 Å².